The van der Waals surface area contributed by atoms with Gasteiger partial charge in [-0.25, -0.2) is 12.8 Å². The van der Waals surface area contributed by atoms with E-state index >= 15 is 0 Å². The van der Waals surface area contributed by atoms with Crippen molar-refractivity contribution < 1.29 is 12.8 Å². The minimum absolute atomic E-state index is 0.0447. The lowest BCUT2D eigenvalue weighted by molar-refractivity contribution is 0.340. The number of anilines is 1. The Labute approximate surface area is 131 Å². The van der Waals surface area contributed by atoms with Crippen molar-refractivity contribution in [1.82, 2.24) is 4.31 Å². The quantitative estimate of drug-likeness (QED) is 0.798. The average Bonchev–Trinajstić information content (AvgIpc) is 2.36. The molecule has 1 aromatic rings. The third-order valence-corrected chi connectivity index (χ3v) is 7.45. The van der Waals surface area contributed by atoms with Crippen LogP contribution in [0.15, 0.2) is 21.5 Å². The molecule has 1 aliphatic heterocycles. The molecule has 0 saturated carbocycles. The van der Waals surface area contributed by atoms with Crippen LogP contribution in [0.3, 0.4) is 0 Å². The van der Waals surface area contributed by atoms with Crippen molar-refractivity contribution in [3.05, 3.63) is 22.4 Å². The number of nitrogens with two attached hydrogens (primary N) is 1. The molecule has 2 N–H and O–H groups in total. The lowest BCUT2D eigenvalue weighted by Crippen LogP contribution is -2.47. The van der Waals surface area contributed by atoms with Crippen molar-refractivity contribution in [1.29, 1.82) is 0 Å². The van der Waals surface area contributed by atoms with E-state index < -0.39 is 15.8 Å². The van der Waals surface area contributed by atoms with Gasteiger partial charge in [0.1, 0.15) is 10.7 Å². The van der Waals surface area contributed by atoms with Gasteiger partial charge in [-0.1, -0.05) is 6.92 Å². The second-order valence-electron chi connectivity index (χ2n) is 4.74. The summed E-state index contributed by atoms with van der Waals surface area (Å²) in [6.07, 6.45) is 0. The number of hydrogen-bond donors (Lipinski definition) is 1. The lowest BCUT2D eigenvalue weighted by atomic mass is 10.2. The maximum atomic E-state index is 13.4. The number of thioether (sulfide) groups is 1. The summed E-state index contributed by atoms with van der Waals surface area (Å²) in [7, 11) is -3.72. The Hall–Kier alpha value is -0.310. The molecule has 0 bridgehead atoms. The van der Waals surface area contributed by atoms with E-state index in [1.165, 1.54) is 10.4 Å². The third-order valence-electron chi connectivity index (χ3n) is 3.47. The lowest BCUT2D eigenvalue weighted by Gasteiger charge is -2.36. The summed E-state index contributed by atoms with van der Waals surface area (Å²) in [5.74, 6) is 0.171. The van der Waals surface area contributed by atoms with Crippen molar-refractivity contribution in [3.8, 4) is 0 Å². The fourth-order valence-electron chi connectivity index (χ4n) is 2.14. The molecular weight excluding hydrogens is 367 g/mol. The van der Waals surface area contributed by atoms with Crippen LogP contribution in [0.4, 0.5) is 10.1 Å². The van der Waals surface area contributed by atoms with Crippen LogP contribution < -0.4 is 5.73 Å². The molecule has 0 aliphatic carbocycles. The molecule has 2 atom stereocenters. The Kier molecular flexibility index (Phi) is 4.68. The normalized spacial score (nSPS) is 24.8. The van der Waals surface area contributed by atoms with Gasteiger partial charge in [-0.05, 0) is 35.0 Å². The van der Waals surface area contributed by atoms with Gasteiger partial charge in [0.2, 0.25) is 10.0 Å². The molecule has 1 fully saturated rings. The van der Waals surface area contributed by atoms with Crippen molar-refractivity contribution >= 4 is 43.4 Å². The first-order chi connectivity index (χ1) is 9.25. The number of benzene rings is 1. The first-order valence-corrected chi connectivity index (χ1v) is 9.41. The first kappa shape index (κ1) is 16.1. The van der Waals surface area contributed by atoms with E-state index in [1.807, 2.05) is 13.8 Å². The van der Waals surface area contributed by atoms with Crippen molar-refractivity contribution in [3.63, 3.8) is 0 Å². The Bertz CT molecular complexity index is 624. The summed E-state index contributed by atoms with van der Waals surface area (Å²) >= 11 is 4.75. The van der Waals surface area contributed by atoms with Crippen LogP contribution in [0.5, 0.6) is 0 Å². The molecule has 8 heteroatoms. The highest BCUT2D eigenvalue weighted by Gasteiger charge is 2.36. The van der Waals surface area contributed by atoms with Gasteiger partial charge in [0, 0.05) is 23.6 Å². The Morgan fingerprint density at radius 3 is 2.75 bits per heavy atom. The molecule has 0 spiro atoms. The molecular formula is C12H16BrFN2O2S2. The second kappa shape index (κ2) is 5.82. The van der Waals surface area contributed by atoms with Gasteiger partial charge in [0.05, 0.1) is 10.2 Å². The van der Waals surface area contributed by atoms with Crippen LogP contribution in [0.25, 0.3) is 0 Å². The van der Waals surface area contributed by atoms with Gasteiger partial charge in [-0.3, -0.25) is 0 Å². The topological polar surface area (TPSA) is 63.4 Å². The summed E-state index contributed by atoms with van der Waals surface area (Å²) in [4.78, 5) is -0.0447. The number of nitrogen functional groups attached to an aromatic ring is 1. The maximum Gasteiger partial charge on any atom is 0.245 e. The molecule has 1 saturated heterocycles. The molecule has 20 heavy (non-hydrogen) atoms. The SMILES string of the molecule is CC1SCCN(S(=O)(=O)c2cc(Br)c(F)cc2N)C1C. The smallest absolute Gasteiger partial charge is 0.245 e. The number of rotatable bonds is 2. The third kappa shape index (κ3) is 2.84. The molecule has 0 aromatic heterocycles. The number of sulfonamides is 1. The fraction of sp³-hybridized carbons (Fsp3) is 0.500. The van der Waals surface area contributed by atoms with Crippen LogP contribution in [-0.4, -0.2) is 36.3 Å². The molecule has 1 heterocycles. The molecule has 0 radical (unpaired) electrons. The Morgan fingerprint density at radius 1 is 1.45 bits per heavy atom. The van der Waals surface area contributed by atoms with Crippen LogP contribution in [0.1, 0.15) is 13.8 Å². The minimum atomic E-state index is -3.72. The monoisotopic (exact) mass is 382 g/mol. The highest BCUT2D eigenvalue weighted by atomic mass is 79.9. The molecule has 0 amide bonds. The van der Waals surface area contributed by atoms with E-state index in [2.05, 4.69) is 15.9 Å². The van der Waals surface area contributed by atoms with E-state index in [4.69, 9.17) is 5.73 Å². The van der Waals surface area contributed by atoms with Crippen molar-refractivity contribution in [2.24, 2.45) is 0 Å². The number of hydrogen-bond acceptors (Lipinski definition) is 4. The first-order valence-electron chi connectivity index (χ1n) is 6.13. The standard InChI is InChI=1S/C12H16BrFN2O2S2/c1-7-8(2)19-4-3-16(7)20(17,18)12-5-9(13)10(14)6-11(12)15/h5-8H,3-4,15H2,1-2H3. The number of halogens is 2. The van der Waals surface area contributed by atoms with E-state index in [0.29, 0.717) is 6.54 Å². The zero-order chi connectivity index (χ0) is 15.1. The van der Waals surface area contributed by atoms with E-state index in [-0.39, 0.29) is 26.3 Å². The second-order valence-corrected chi connectivity index (χ2v) is 8.93. The van der Waals surface area contributed by atoms with Crippen LogP contribution in [0.2, 0.25) is 0 Å². The van der Waals surface area contributed by atoms with Gasteiger partial charge in [-0.15, -0.1) is 0 Å². The van der Waals surface area contributed by atoms with Crippen LogP contribution >= 0.6 is 27.7 Å². The van der Waals surface area contributed by atoms with E-state index in [0.717, 1.165) is 11.8 Å². The Balaban J connectivity index is 2.47. The summed E-state index contributed by atoms with van der Waals surface area (Å²) < 4.78 is 40.4. The molecule has 4 nitrogen and oxygen atoms in total. The molecule has 112 valence electrons. The van der Waals surface area contributed by atoms with Crippen molar-refractivity contribution in [2.45, 2.75) is 30.0 Å². The zero-order valence-electron chi connectivity index (χ0n) is 11.1. The largest absolute Gasteiger partial charge is 0.398 e. The highest BCUT2D eigenvalue weighted by molar-refractivity contribution is 9.10. The van der Waals surface area contributed by atoms with Gasteiger partial charge in [0.25, 0.3) is 0 Å². The van der Waals surface area contributed by atoms with Crippen LogP contribution in [-0.2, 0) is 10.0 Å². The van der Waals surface area contributed by atoms with Crippen molar-refractivity contribution in [2.75, 3.05) is 18.0 Å². The number of nitrogens with zero attached hydrogens (tertiary/aromatic N) is 1. The Morgan fingerprint density at radius 2 is 2.10 bits per heavy atom. The van der Waals surface area contributed by atoms with Gasteiger partial charge in [-0.2, -0.15) is 16.1 Å². The fourth-order valence-corrected chi connectivity index (χ4v) is 5.75. The van der Waals surface area contributed by atoms with Crippen LogP contribution in [0, 0.1) is 5.82 Å². The molecule has 2 rings (SSSR count). The van der Waals surface area contributed by atoms with Gasteiger partial charge < -0.3 is 5.73 Å². The van der Waals surface area contributed by atoms with Gasteiger partial charge in [0.15, 0.2) is 0 Å². The summed E-state index contributed by atoms with van der Waals surface area (Å²) in [5, 5.41) is 0.212. The predicted molar refractivity (Wildman–Crippen MR) is 83.8 cm³/mol. The average molecular weight is 383 g/mol. The summed E-state index contributed by atoms with van der Waals surface area (Å²) in [6.45, 7) is 4.32. The van der Waals surface area contributed by atoms with Gasteiger partial charge >= 0.3 is 0 Å². The summed E-state index contributed by atoms with van der Waals surface area (Å²) in [5.41, 5.74) is 5.63. The van der Waals surface area contributed by atoms with E-state index in [1.54, 1.807) is 11.8 Å². The minimum Gasteiger partial charge on any atom is -0.398 e. The molecule has 1 aliphatic rings. The molecule has 2 unspecified atom stereocenters. The predicted octanol–water partition coefficient (Wildman–Crippen LogP) is 2.68. The maximum absolute atomic E-state index is 13.4. The highest BCUT2D eigenvalue weighted by Crippen LogP contribution is 2.33. The zero-order valence-corrected chi connectivity index (χ0v) is 14.4. The van der Waals surface area contributed by atoms with E-state index in [9.17, 15) is 12.8 Å². The summed E-state index contributed by atoms with van der Waals surface area (Å²) in [6, 6.07) is 2.14. The molecule has 1 aromatic carbocycles.